The van der Waals surface area contributed by atoms with Gasteiger partial charge in [0.2, 0.25) is 0 Å². The minimum atomic E-state index is 0.564. The van der Waals surface area contributed by atoms with Crippen molar-refractivity contribution in [1.29, 1.82) is 0 Å². The van der Waals surface area contributed by atoms with E-state index < -0.39 is 0 Å². The number of rotatable bonds is 2. The third kappa shape index (κ3) is 1.56. The number of hydrogen-bond acceptors (Lipinski definition) is 3. The molecule has 2 N–H and O–H groups in total. The molecule has 0 radical (unpaired) electrons. The van der Waals surface area contributed by atoms with Crippen molar-refractivity contribution < 1.29 is 0 Å². The van der Waals surface area contributed by atoms with E-state index in [4.69, 9.17) is 5.73 Å². The average Bonchev–Trinajstić information content (AvgIpc) is 2.66. The van der Waals surface area contributed by atoms with Gasteiger partial charge in [-0.05, 0) is 12.5 Å². The lowest BCUT2D eigenvalue weighted by molar-refractivity contribution is 1.10. The van der Waals surface area contributed by atoms with Crippen LogP contribution in [0, 0.1) is 6.92 Å². The summed E-state index contributed by atoms with van der Waals surface area (Å²) in [7, 11) is 0. The molecular weight excluding hydrogens is 192 g/mol. The Morgan fingerprint density at radius 3 is 2.86 bits per heavy atom. The molecule has 2 aromatic rings. The molecule has 0 saturated carbocycles. The molecule has 0 saturated heterocycles. The van der Waals surface area contributed by atoms with E-state index in [2.05, 4.69) is 24.0 Å². The molecule has 2 rings (SSSR count). The van der Waals surface area contributed by atoms with Crippen LogP contribution in [0.1, 0.15) is 10.4 Å². The highest BCUT2D eigenvalue weighted by atomic mass is 32.1. The Kier molecular flexibility index (Phi) is 2.61. The van der Waals surface area contributed by atoms with Gasteiger partial charge in [-0.1, -0.05) is 24.3 Å². The number of aromatic nitrogens is 1. The van der Waals surface area contributed by atoms with Gasteiger partial charge in [0.15, 0.2) is 0 Å². The van der Waals surface area contributed by atoms with Gasteiger partial charge in [0.25, 0.3) is 0 Å². The van der Waals surface area contributed by atoms with Gasteiger partial charge >= 0.3 is 0 Å². The Morgan fingerprint density at radius 2 is 2.14 bits per heavy atom. The van der Waals surface area contributed by atoms with Gasteiger partial charge in [-0.3, -0.25) is 0 Å². The van der Waals surface area contributed by atoms with Crippen molar-refractivity contribution in [3.63, 3.8) is 0 Å². The number of nitrogens with two attached hydrogens (primary N) is 1. The first-order chi connectivity index (χ1) is 6.83. The molecule has 0 fully saturated rings. The first-order valence-corrected chi connectivity index (χ1v) is 5.39. The summed E-state index contributed by atoms with van der Waals surface area (Å²) in [6.45, 7) is 2.66. The van der Waals surface area contributed by atoms with Gasteiger partial charge in [0.1, 0.15) is 0 Å². The van der Waals surface area contributed by atoms with Crippen molar-refractivity contribution in [1.82, 2.24) is 4.98 Å². The highest BCUT2D eigenvalue weighted by Gasteiger charge is 2.08. The number of benzene rings is 1. The predicted octanol–water partition coefficient (Wildman–Crippen LogP) is 2.58. The van der Waals surface area contributed by atoms with Gasteiger partial charge < -0.3 is 5.73 Å². The third-order valence-corrected chi connectivity index (χ3v) is 3.08. The van der Waals surface area contributed by atoms with E-state index in [1.165, 1.54) is 11.1 Å². The molecular formula is C11H12N2S. The number of aryl methyl sites for hydroxylation is 1. The first kappa shape index (κ1) is 9.37. The minimum absolute atomic E-state index is 0.564. The number of hydrogen-bond donors (Lipinski definition) is 1. The Morgan fingerprint density at radius 1 is 1.36 bits per heavy atom. The topological polar surface area (TPSA) is 38.9 Å². The van der Waals surface area contributed by atoms with Crippen LogP contribution >= 0.6 is 11.3 Å². The smallest absolute Gasteiger partial charge is 0.0858 e. The minimum Gasteiger partial charge on any atom is -0.326 e. The summed E-state index contributed by atoms with van der Waals surface area (Å²) in [5.41, 5.74) is 11.0. The lowest BCUT2D eigenvalue weighted by atomic mass is 10.1. The molecule has 0 aliphatic rings. The summed E-state index contributed by atoms with van der Waals surface area (Å²) >= 11 is 1.62. The molecule has 0 aliphatic heterocycles. The molecule has 1 aromatic heterocycles. The molecule has 1 heterocycles. The summed E-state index contributed by atoms with van der Waals surface area (Å²) < 4.78 is 0. The van der Waals surface area contributed by atoms with Gasteiger partial charge in [-0.2, -0.15) is 0 Å². The van der Waals surface area contributed by atoms with Crippen LogP contribution in [-0.2, 0) is 6.54 Å². The summed E-state index contributed by atoms with van der Waals surface area (Å²) in [5.74, 6) is 0. The van der Waals surface area contributed by atoms with Crippen molar-refractivity contribution in [2.24, 2.45) is 5.73 Å². The van der Waals surface area contributed by atoms with Gasteiger partial charge in [-0.15, -0.1) is 11.3 Å². The van der Waals surface area contributed by atoms with Crippen LogP contribution < -0.4 is 5.73 Å². The highest BCUT2D eigenvalue weighted by molar-refractivity contribution is 7.10. The Labute approximate surface area is 87.4 Å². The molecule has 0 spiro atoms. The summed E-state index contributed by atoms with van der Waals surface area (Å²) in [6, 6.07) is 8.24. The molecule has 3 heteroatoms. The van der Waals surface area contributed by atoms with Crippen LogP contribution in [0.15, 0.2) is 29.8 Å². The fourth-order valence-corrected chi connectivity index (χ4v) is 2.13. The van der Waals surface area contributed by atoms with E-state index in [9.17, 15) is 0 Å². The molecule has 72 valence electrons. The maximum Gasteiger partial charge on any atom is 0.0858 e. The van der Waals surface area contributed by atoms with E-state index in [0.717, 1.165) is 10.6 Å². The van der Waals surface area contributed by atoms with Crippen LogP contribution in [0.5, 0.6) is 0 Å². The fraction of sp³-hybridized carbons (Fsp3) is 0.182. The van der Waals surface area contributed by atoms with Gasteiger partial charge in [0, 0.05) is 17.0 Å². The SMILES string of the molecule is Cc1ccccc1-c1ncsc1CN. The lowest BCUT2D eigenvalue weighted by Gasteiger charge is -2.03. The Bertz CT molecular complexity index is 434. The molecule has 0 bridgehead atoms. The Balaban J connectivity index is 2.54. The molecule has 0 amide bonds. The van der Waals surface area contributed by atoms with Crippen molar-refractivity contribution in [3.8, 4) is 11.3 Å². The first-order valence-electron chi connectivity index (χ1n) is 4.51. The zero-order chi connectivity index (χ0) is 9.97. The Hall–Kier alpha value is -1.19. The second kappa shape index (κ2) is 3.90. The fourth-order valence-electron chi connectivity index (χ4n) is 1.47. The monoisotopic (exact) mass is 204 g/mol. The van der Waals surface area contributed by atoms with E-state index in [-0.39, 0.29) is 0 Å². The normalized spacial score (nSPS) is 10.4. The summed E-state index contributed by atoms with van der Waals surface area (Å²) in [6.07, 6.45) is 0. The van der Waals surface area contributed by atoms with E-state index >= 15 is 0 Å². The van der Waals surface area contributed by atoms with Crippen LogP contribution in [0.2, 0.25) is 0 Å². The zero-order valence-electron chi connectivity index (χ0n) is 8.03. The largest absolute Gasteiger partial charge is 0.326 e. The standard InChI is InChI=1S/C11H12N2S/c1-8-4-2-3-5-9(8)11-10(6-12)14-7-13-11/h2-5,7H,6,12H2,1H3. The van der Waals surface area contributed by atoms with E-state index in [0.29, 0.717) is 6.54 Å². The molecule has 14 heavy (non-hydrogen) atoms. The van der Waals surface area contributed by atoms with Crippen LogP contribution in [0.3, 0.4) is 0 Å². The number of nitrogens with zero attached hydrogens (tertiary/aromatic N) is 1. The molecule has 0 aliphatic carbocycles. The second-order valence-electron chi connectivity index (χ2n) is 3.14. The maximum absolute atomic E-state index is 5.65. The van der Waals surface area contributed by atoms with Gasteiger partial charge in [-0.25, -0.2) is 4.98 Å². The van der Waals surface area contributed by atoms with Crippen LogP contribution in [0.4, 0.5) is 0 Å². The molecule has 2 nitrogen and oxygen atoms in total. The predicted molar refractivity (Wildman–Crippen MR) is 60.2 cm³/mol. The summed E-state index contributed by atoms with van der Waals surface area (Å²) in [4.78, 5) is 5.51. The molecule has 0 atom stereocenters. The number of thiazole rings is 1. The van der Waals surface area contributed by atoms with Crippen molar-refractivity contribution in [2.45, 2.75) is 13.5 Å². The molecule has 1 aromatic carbocycles. The lowest BCUT2D eigenvalue weighted by Crippen LogP contribution is -1.96. The van der Waals surface area contributed by atoms with Crippen molar-refractivity contribution in [3.05, 3.63) is 40.2 Å². The molecule has 0 unspecified atom stereocenters. The van der Waals surface area contributed by atoms with Crippen molar-refractivity contribution in [2.75, 3.05) is 0 Å². The van der Waals surface area contributed by atoms with Gasteiger partial charge in [0.05, 0.1) is 11.2 Å². The van der Waals surface area contributed by atoms with Crippen molar-refractivity contribution >= 4 is 11.3 Å². The van der Waals surface area contributed by atoms with Crippen LogP contribution in [-0.4, -0.2) is 4.98 Å². The average molecular weight is 204 g/mol. The van der Waals surface area contributed by atoms with Crippen LogP contribution in [0.25, 0.3) is 11.3 Å². The quantitative estimate of drug-likeness (QED) is 0.816. The highest BCUT2D eigenvalue weighted by Crippen LogP contribution is 2.27. The summed E-state index contributed by atoms with van der Waals surface area (Å²) in [5, 5.41) is 0. The van der Waals surface area contributed by atoms with E-state index in [1.54, 1.807) is 11.3 Å². The second-order valence-corrected chi connectivity index (χ2v) is 4.08. The third-order valence-electron chi connectivity index (χ3n) is 2.23. The zero-order valence-corrected chi connectivity index (χ0v) is 8.84. The maximum atomic E-state index is 5.65. The van der Waals surface area contributed by atoms with E-state index in [1.807, 2.05) is 17.6 Å².